The number of hydrogen-bond acceptors (Lipinski definition) is 4. The highest BCUT2D eigenvalue weighted by Crippen LogP contribution is 2.44. The Bertz CT molecular complexity index is 1600. The van der Waals surface area contributed by atoms with Crippen molar-refractivity contribution in [2.45, 2.75) is 31.4 Å². The number of β-amino-alcohol motifs (C(OH)–C–C–N with tert-alkyl or cyclic N) is 1. The number of imidazole rings is 1. The van der Waals surface area contributed by atoms with Crippen molar-refractivity contribution in [2.75, 3.05) is 13.1 Å². The summed E-state index contributed by atoms with van der Waals surface area (Å²) in [6.07, 6.45) is 0.245. The zero-order valence-corrected chi connectivity index (χ0v) is 20.6. The monoisotopic (exact) mass is 535 g/mol. The van der Waals surface area contributed by atoms with Gasteiger partial charge in [-0.15, -0.1) is 0 Å². The summed E-state index contributed by atoms with van der Waals surface area (Å²) in [5, 5.41) is 20.5. The summed E-state index contributed by atoms with van der Waals surface area (Å²) in [5.41, 5.74) is -1.52. The average molecular weight is 536 g/mol. The quantitative estimate of drug-likeness (QED) is 0.262. The molecule has 0 saturated heterocycles. The highest BCUT2D eigenvalue weighted by molar-refractivity contribution is 5.88. The average Bonchev–Trinajstić information content (AvgIpc) is 3.48. The third-order valence-electron chi connectivity index (χ3n) is 6.85. The van der Waals surface area contributed by atoms with Gasteiger partial charge in [0, 0.05) is 61.1 Å². The lowest BCUT2D eigenvalue weighted by Crippen LogP contribution is -2.52. The minimum atomic E-state index is -5.00. The van der Waals surface area contributed by atoms with Crippen LogP contribution in [0, 0.1) is 6.57 Å². The molecule has 39 heavy (non-hydrogen) atoms. The van der Waals surface area contributed by atoms with Crippen LogP contribution in [0.3, 0.4) is 0 Å². The first-order valence-corrected chi connectivity index (χ1v) is 12.1. The molecule has 5 rings (SSSR count). The number of nitrogens with zero attached hydrogens (tertiary/aromatic N) is 5. The van der Waals surface area contributed by atoms with Crippen LogP contribution in [0.5, 0.6) is 0 Å². The molecule has 200 valence electrons. The largest absolute Gasteiger partial charge is 0.478 e. The molecule has 8 nitrogen and oxygen atoms in total. The lowest BCUT2D eigenvalue weighted by Gasteiger charge is -2.37. The predicted molar refractivity (Wildman–Crippen MR) is 138 cm³/mol. The van der Waals surface area contributed by atoms with Crippen LogP contribution in [0.25, 0.3) is 21.8 Å². The summed E-state index contributed by atoms with van der Waals surface area (Å²) in [4.78, 5) is 20.1. The maximum Gasteiger partial charge on any atom is 0.422 e. The van der Waals surface area contributed by atoms with E-state index in [9.17, 15) is 23.1 Å². The molecule has 2 N–H and O–H groups in total. The van der Waals surface area contributed by atoms with Crippen molar-refractivity contribution in [2.24, 2.45) is 0 Å². The van der Waals surface area contributed by atoms with Crippen molar-refractivity contribution in [1.82, 2.24) is 19.0 Å². The van der Waals surface area contributed by atoms with E-state index in [1.807, 2.05) is 30.3 Å². The van der Waals surface area contributed by atoms with Gasteiger partial charge in [0.15, 0.2) is 5.69 Å². The van der Waals surface area contributed by atoms with Crippen molar-refractivity contribution in [3.05, 3.63) is 101 Å². The molecule has 0 fully saturated rings. The topological polar surface area (TPSA) is 87.9 Å². The number of carboxylic acids is 1. The number of aromatic nitrogens is 3. The van der Waals surface area contributed by atoms with Gasteiger partial charge in [0.05, 0.1) is 18.8 Å². The highest BCUT2D eigenvalue weighted by Gasteiger charge is 2.57. The van der Waals surface area contributed by atoms with Crippen molar-refractivity contribution in [3.8, 4) is 0 Å². The summed E-state index contributed by atoms with van der Waals surface area (Å²) >= 11 is 0. The molecule has 0 amide bonds. The molecule has 2 aromatic carbocycles. The number of fused-ring (bicyclic) bond motifs is 2. The van der Waals surface area contributed by atoms with E-state index in [4.69, 9.17) is 11.7 Å². The zero-order chi connectivity index (χ0) is 27.8. The first kappa shape index (κ1) is 26.2. The standard InChI is InChI=1S/C28H24F3N5O3/c1-32-20-7-9-22-23(16-36(24(22)13-20)14-19-5-3-2-4-6-19)27(39,28(29,30)31)18-34-11-12-35-15-21(8-10-26(37)38)33-25(35)17-34/h2-10,13,15-16,39H,11-12,14,17-18H2,(H,37,38). The maximum atomic E-state index is 14.7. The third-order valence-corrected chi connectivity index (χ3v) is 6.85. The third kappa shape index (κ3) is 5.16. The van der Waals surface area contributed by atoms with Gasteiger partial charge < -0.3 is 19.3 Å². The van der Waals surface area contributed by atoms with E-state index in [-0.39, 0.29) is 36.3 Å². The normalized spacial score (nSPS) is 15.8. The number of carbonyl (C=O) groups is 1. The van der Waals surface area contributed by atoms with Gasteiger partial charge in [-0.25, -0.2) is 14.6 Å². The molecule has 0 radical (unpaired) electrons. The zero-order valence-electron chi connectivity index (χ0n) is 20.6. The smallest absolute Gasteiger partial charge is 0.422 e. The predicted octanol–water partition coefficient (Wildman–Crippen LogP) is 4.80. The second kappa shape index (κ2) is 10.1. The molecular formula is C28H24F3N5O3. The van der Waals surface area contributed by atoms with Crippen molar-refractivity contribution < 1.29 is 28.2 Å². The minimum absolute atomic E-state index is 0.0455. The van der Waals surface area contributed by atoms with Gasteiger partial charge in [0.1, 0.15) is 5.82 Å². The Balaban J connectivity index is 1.52. The summed E-state index contributed by atoms with van der Waals surface area (Å²) in [6.45, 7) is 7.51. The Labute approximate surface area is 221 Å². The molecule has 2 aromatic heterocycles. The molecule has 0 aliphatic carbocycles. The Morgan fingerprint density at radius 3 is 2.59 bits per heavy atom. The summed E-state index contributed by atoms with van der Waals surface area (Å²) in [5.74, 6) is -0.656. The SMILES string of the molecule is [C-]#[N+]c1ccc2c(C(O)(CN3CCn4cc(C=CC(=O)O)nc4C3)C(F)(F)F)cn(Cc3ccccc3)c2c1. The molecule has 0 bridgehead atoms. The molecule has 3 heterocycles. The number of hydrogen-bond donors (Lipinski definition) is 2. The summed E-state index contributed by atoms with van der Waals surface area (Å²) < 4.78 is 47.5. The molecule has 1 aliphatic heterocycles. The van der Waals surface area contributed by atoms with Crippen LogP contribution in [0.2, 0.25) is 0 Å². The summed E-state index contributed by atoms with van der Waals surface area (Å²) in [6, 6.07) is 13.7. The van der Waals surface area contributed by atoms with Gasteiger partial charge in [-0.1, -0.05) is 42.5 Å². The molecular weight excluding hydrogens is 511 g/mol. The van der Waals surface area contributed by atoms with E-state index in [0.717, 1.165) is 11.6 Å². The van der Waals surface area contributed by atoms with E-state index in [0.29, 0.717) is 23.6 Å². The van der Waals surface area contributed by atoms with Crippen LogP contribution in [-0.4, -0.2) is 54.5 Å². The van der Waals surface area contributed by atoms with Crippen LogP contribution in [-0.2, 0) is 30.0 Å². The Hall–Kier alpha value is -4.40. The number of carboxylic acid groups (broad SMARTS) is 1. The van der Waals surface area contributed by atoms with E-state index in [1.165, 1.54) is 35.4 Å². The lowest BCUT2D eigenvalue weighted by atomic mass is 9.91. The van der Waals surface area contributed by atoms with Gasteiger partial charge >= 0.3 is 12.1 Å². The van der Waals surface area contributed by atoms with Crippen molar-refractivity contribution >= 4 is 28.6 Å². The fraction of sp³-hybridized carbons (Fsp3) is 0.250. The van der Waals surface area contributed by atoms with Crippen molar-refractivity contribution in [3.63, 3.8) is 0 Å². The molecule has 1 aliphatic rings. The van der Waals surface area contributed by atoms with Gasteiger partial charge in [-0.2, -0.15) is 13.2 Å². The lowest BCUT2D eigenvalue weighted by molar-refractivity contribution is -0.272. The molecule has 0 saturated carbocycles. The van der Waals surface area contributed by atoms with Crippen LogP contribution in [0.1, 0.15) is 22.6 Å². The van der Waals surface area contributed by atoms with E-state index in [2.05, 4.69) is 9.83 Å². The number of rotatable bonds is 7. The van der Waals surface area contributed by atoms with Gasteiger partial charge in [-0.05, 0) is 17.7 Å². The number of aliphatic hydroxyl groups is 1. The minimum Gasteiger partial charge on any atom is -0.478 e. The van der Waals surface area contributed by atoms with Crippen LogP contribution in [0.4, 0.5) is 18.9 Å². The first-order chi connectivity index (χ1) is 18.6. The Kier molecular flexibility index (Phi) is 6.76. The van der Waals surface area contributed by atoms with E-state index < -0.39 is 24.3 Å². The number of aliphatic carboxylic acids is 1. The molecule has 4 aromatic rings. The summed E-state index contributed by atoms with van der Waals surface area (Å²) in [7, 11) is 0. The maximum absolute atomic E-state index is 14.7. The highest BCUT2D eigenvalue weighted by atomic mass is 19.4. The van der Waals surface area contributed by atoms with E-state index >= 15 is 0 Å². The number of benzene rings is 2. The number of halogens is 3. The molecule has 1 unspecified atom stereocenters. The number of alkyl halides is 3. The molecule has 1 atom stereocenters. The van der Waals surface area contributed by atoms with Gasteiger partial charge in [0.25, 0.3) is 0 Å². The van der Waals surface area contributed by atoms with Crippen LogP contribution in [0.15, 0.2) is 67.0 Å². The second-order valence-electron chi connectivity index (χ2n) is 9.49. The Morgan fingerprint density at radius 1 is 1.13 bits per heavy atom. The second-order valence-corrected chi connectivity index (χ2v) is 9.49. The Morgan fingerprint density at radius 2 is 1.90 bits per heavy atom. The van der Waals surface area contributed by atoms with Crippen LogP contribution < -0.4 is 0 Å². The first-order valence-electron chi connectivity index (χ1n) is 12.1. The fourth-order valence-electron chi connectivity index (χ4n) is 4.94. The van der Waals surface area contributed by atoms with Gasteiger partial charge in [0.2, 0.25) is 5.60 Å². The fourth-order valence-corrected chi connectivity index (χ4v) is 4.94. The molecule has 11 heteroatoms. The van der Waals surface area contributed by atoms with Crippen molar-refractivity contribution in [1.29, 1.82) is 0 Å². The van der Waals surface area contributed by atoms with Crippen LogP contribution >= 0.6 is 0 Å². The van der Waals surface area contributed by atoms with E-state index in [1.54, 1.807) is 15.3 Å². The molecule has 0 spiro atoms. The van der Waals surface area contributed by atoms with Gasteiger partial charge in [-0.3, -0.25) is 4.90 Å².